The third kappa shape index (κ3) is 4.27. The minimum absolute atomic E-state index is 0.313. The Morgan fingerprint density at radius 2 is 1.90 bits per heavy atom. The van der Waals surface area contributed by atoms with E-state index in [2.05, 4.69) is 17.4 Å². The maximum absolute atomic E-state index is 10.7. The van der Waals surface area contributed by atoms with Gasteiger partial charge in [0.15, 0.2) is 0 Å². The lowest BCUT2D eigenvalue weighted by molar-refractivity contribution is -0.0830. The van der Waals surface area contributed by atoms with Crippen molar-refractivity contribution in [1.82, 2.24) is 5.32 Å². The number of aliphatic hydroxyl groups is 1. The van der Waals surface area contributed by atoms with Crippen molar-refractivity contribution < 1.29 is 14.6 Å². The zero-order chi connectivity index (χ0) is 14.5. The first kappa shape index (κ1) is 15.0. The van der Waals surface area contributed by atoms with Crippen LogP contribution in [0.25, 0.3) is 0 Å². The molecule has 3 rings (SSSR count). The van der Waals surface area contributed by atoms with E-state index in [1.54, 1.807) is 0 Å². The van der Waals surface area contributed by atoms with Crippen molar-refractivity contribution in [2.24, 2.45) is 0 Å². The summed E-state index contributed by atoms with van der Waals surface area (Å²) in [5.74, 6) is 0. The van der Waals surface area contributed by atoms with E-state index in [9.17, 15) is 5.11 Å². The van der Waals surface area contributed by atoms with Crippen LogP contribution >= 0.6 is 0 Å². The van der Waals surface area contributed by atoms with Crippen LogP contribution in [-0.2, 0) is 16.1 Å². The van der Waals surface area contributed by atoms with Gasteiger partial charge in [0, 0.05) is 18.7 Å². The molecule has 0 aliphatic carbocycles. The quantitative estimate of drug-likeness (QED) is 0.786. The molecule has 2 N–H and O–H groups in total. The molecule has 0 spiro atoms. The fourth-order valence-corrected chi connectivity index (χ4v) is 3.49. The van der Waals surface area contributed by atoms with Gasteiger partial charge in [-0.3, -0.25) is 0 Å². The van der Waals surface area contributed by atoms with Gasteiger partial charge in [0.05, 0.1) is 25.4 Å². The van der Waals surface area contributed by atoms with Gasteiger partial charge in [-0.15, -0.1) is 0 Å². The summed E-state index contributed by atoms with van der Waals surface area (Å²) in [4.78, 5) is 0. The van der Waals surface area contributed by atoms with Crippen molar-refractivity contribution in [3.05, 3.63) is 35.9 Å². The number of piperidine rings is 1. The molecule has 0 saturated carbocycles. The minimum atomic E-state index is -0.541. The molecule has 2 bridgehead atoms. The largest absolute Gasteiger partial charge is 0.390 e. The highest BCUT2D eigenvalue weighted by atomic mass is 16.5. The molecular weight excluding hydrogens is 266 g/mol. The zero-order valence-electron chi connectivity index (χ0n) is 12.5. The van der Waals surface area contributed by atoms with Gasteiger partial charge in [0.25, 0.3) is 0 Å². The average molecular weight is 291 g/mol. The highest BCUT2D eigenvalue weighted by molar-refractivity contribution is 5.13. The third-order valence-electron chi connectivity index (χ3n) is 4.40. The average Bonchev–Trinajstić information content (AvgIpc) is 2.47. The van der Waals surface area contributed by atoms with Gasteiger partial charge in [0.1, 0.15) is 0 Å². The van der Waals surface area contributed by atoms with Crippen molar-refractivity contribution in [3.8, 4) is 0 Å². The van der Waals surface area contributed by atoms with Crippen molar-refractivity contribution >= 4 is 0 Å². The molecule has 1 aromatic rings. The van der Waals surface area contributed by atoms with Gasteiger partial charge in [-0.1, -0.05) is 30.3 Å². The minimum Gasteiger partial charge on any atom is -0.390 e. The molecule has 4 nitrogen and oxygen atoms in total. The van der Waals surface area contributed by atoms with E-state index in [1.165, 1.54) is 5.56 Å². The first-order valence-corrected chi connectivity index (χ1v) is 7.91. The van der Waals surface area contributed by atoms with Crippen LogP contribution in [0.4, 0.5) is 0 Å². The molecule has 2 fully saturated rings. The summed E-state index contributed by atoms with van der Waals surface area (Å²) < 4.78 is 11.2. The molecule has 2 saturated heterocycles. The van der Waals surface area contributed by atoms with Crippen molar-refractivity contribution in [2.75, 3.05) is 19.8 Å². The van der Waals surface area contributed by atoms with Crippen molar-refractivity contribution in [2.45, 2.75) is 50.0 Å². The number of hydrogen-bond donors (Lipinski definition) is 2. The lowest BCUT2D eigenvalue weighted by Crippen LogP contribution is -2.59. The van der Waals surface area contributed by atoms with E-state index < -0.39 is 5.60 Å². The lowest BCUT2D eigenvalue weighted by atomic mass is 9.80. The van der Waals surface area contributed by atoms with Gasteiger partial charge in [-0.05, 0) is 31.2 Å². The molecular formula is C17H25NO3. The summed E-state index contributed by atoms with van der Waals surface area (Å²) in [5.41, 5.74) is 0.658. The molecule has 21 heavy (non-hydrogen) atoms. The number of ether oxygens (including phenoxy) is 2. The number of benzene rings is 1. The van der Waals surface area contributed by atoms with Crippen molar-refractivity contribution in [1.29, 1.82) is 0 Å². The second kappa shape index (κ2) is 6.88. The monoisotopic (exact) mass is 291 g/mol. The number of hydrogen-bond acceptors (Lipinski definition) is 4. The maximum atomic E-state index is 10.7. The van der Waals surface area contributed by atoms with Crippen LogP contribution in [0.15, 0.2) is 30.3 Å². The van der Waals surface area contributed by atoms with Gasteiger partial charge in [-0.25, -0.2) is 0 Å². The number of rotatable bonds is 6. The molecule has 0 amide bonds. The summed E-state index contributed by atoms with van der Waals surface area (Å²) in [6, 6.07) is 10.8. The third-order valence-corrected chi connectivity index (χ3v) is 4.40. The van der Waals surface area contributed by atoms with Gasteiger partial charge in [0.2, 0.25) is 0 Å². The van der Waals surface area contributed by atoms with E-state index >= 15 is 0 Å². The highest BCUT2D eigenvalue weighted by Crippen LogP contribution is 2.31. The van der Waals surface area contributed by atoms with Gasteiger partial charge in [-0.2, -0.15) is 0 Å². The summed E-state index contributed by atoms with van der Waals surface area (Å²) >= 11 is 0. The Morgan fingerprint density at radius 1 is 1.19 bits per heavy atom. The zero-order valence-corrected chi connectivity index (χ0v) is 12.5. The Bertz CT molecular complexity index is 425. The molecule has 4 heteroatoms. The molecule has 1 aromatic carbocycles. The fraction of sp³-hybridized carbons (Fsp3) is 0.647. The van der Waals surface area contributed by atoms with E-state index in [4.69, 9.17) is 9.47 Å². The Labute approximate surface area is 126 Å². The molecule has 2 aliphatic rings. The first-order valence-electron chi connectivity index (χ1n) is 7.91. The predicted molar refractivity (Wildman–Crippen MR) is 81.0 cm³/mol. The summed E-state index contributed by atoms with van der Waals surface area (Å²) in [7, 11) is 0. The standard InChI is InChI=1S/C17H25NO3/c19-17(9-15-12-21-13-16(10-17)18-15)7-4-8-20-11-14-5-2-1-3-6-14/h1-3,5-6,15-16,18-19H,4,7-13H2. The summed E-state index contributed by atoms with van der Waals surface area (Å²) in [6.07, 6.45) is 3.31. The van der Waals surface area contributed by atoms with Gasteiger partial charge >= 0.3 is 0 Å². The lowest BCUT2D eigenvalue weighted by Gasteiger charge is -2.45. The summed E-state index contributed by atoms with van der Waals surface area (Å²) in [6.45, 7) is 2.81. The Morgan fingerprint density at radius 3 is 2.62 bits per heavy atom. The van der Waals surface area contributed by atoms with Crippen LogP contribution in [0.3, 0.4) is 0 Å². The molecule has 2 unspecified atom stereocenters. The second-order valence-electron chi connectivity index (χ2n) is 6.37. The topological polar surface area (TPSA) is 50.7 Å². The molecule has 2 aliphatic heterocycles. The summed E-state index contributed by atoms with van der Waals surface area (Å²) in [5, 5.41) is 14.3. The first-order chi connectivity index (χ1) is 10.2. The second-order valence-corrected chi connectivity index (χ2v) is 6.37. The van der Waals surface area contributed by atoms with Crippen LogP contribution in [0.5, 0.6) is 0 Å². The Balaban J connectivity index is 1.37. The molecule has 2 atom stereocenters. The van der Waals surface area contributed by atoms with E-state index in [0.29, 0.717) is 25.3 Å². The van der Waals surface area contributed by atoms with Crippen LogP contribution in [0.1, 0.15) is 31.2 Å². The SMILES string of the molecule is OC1(CCCOCc2ccccc2)CC2COCC(C1)N2. The van der Waals surface area contributed by atoms with Crippen LogP contribution in [0.2, 0.25) is 0 Å². The number of morpholine rings is 1. The predicted octanol–water partition coefficient (Wildman–Crippen LogP) is 1.87. The number of fused-ring (bicyclic) bond motifs is 2. The number of nitrogens with one attached hydrogen (secondary N) is 1. The molecule has 0 radical (unpaired) electrons. The maximum Gasteiger partial charge on any atom is 0.0716 e. The molecule has 116 valence electrons. The van der Waals surface area contributed by atoms with Crippen LogP contribution in [-0.4, -0.2) is 42.6 Å². The van der Waals surface area contributed by atoms with Crippen LogP contribution in [0, 0.1) is 0 Å². The smallest absolute Gasteiger partial charge is 0.0716 e. The van der Waals surface area contributed by atoms with E-state index in [0.717, 1.165) is 38.9 Å². The normalized spacial score (nSPS) is 32.0. The fourth-order valence-electron chi connectivity index (χ4n) is 3.49. The Hall–Kier alpha value is -0.940. The van der Waals surface area contributed by atoms with Crippen LogP contribution < -0.4 is 5.32 Å². The molecule has 0 aromatic heterocycles. The van der Waals surface area contributed by atoms with Gasteiger partial charge < -0.3 is 19.9 Å². The molecule has 2 heterocycles. The Kier molecular flexibility index (Phi) is 4.91. The van der Waals surface area contributed by atoms with E-state index in [1.807, 2.05) is 18.2 Å². The highest BCUT2D eigenvalue weighted by Gasteiger charge is 2.40. The van der Waals surface area contributed by atoms with E-state index in [-0.39, 0.29) is 0 Å². The van der Waals surface area contributed by atoms with Crippen molar-refractivity contribution in [3.63, 3.8) is 0 Å².